The van der Waals surface area contributed by atoms with Crippen molar-refractivity contribution >= 4 is 11.9 Å². The maximum absolute atomic E-state index is 12.3. The summed E-state index contributed by atoms with van der Waals surface area (Å²) in [5.74, 6) is 0.285. The Balaban J connectivity index is 1.62. The first kappa shape index (κ1) is 16.8. The van der Waals surface area contributed by atoms with E-state index in [4.69, 9.17) is 10.5 Å². The van der Waals surface area contributed by atoms with E-state index in [0.29, 0.717) is 19.5 Å². The van der Waals surface area contributed by atoms with Crippen LogP contribution in [0.2, 0.25) is 0 Å². The molecule has 1 aliphatic heterocycles. The fourth-order valence-corrected chi connectivity index (χ4v) is 2.93. The molecule has 0 bridgehead atoms. The first-order valence-electron chi connectivity index (χ1n) is 8.10. The van der Waals surface area contributed by atoms with E-state index in [1.165, 1.54) is 4.90 Å². The highest BCUT2D eigenvalue weighted by atomic mass is 16.5. The molecule has 1 fully saturated rings. The smallest absolute Gasteiger partial charge is 0.318 e. The quantitative estimate of drug-likeness (QED) is 0.847. The second-order valence-corrected chi connectivity index (χ2v) is 5.91. The number of nitrogens with one attached hydrogen (secondary N) is 1. The number of aromatic nitrogens is 2. The Kier molecular flexibility index (Phi) is 4.87. The Labute approximate surface area is 145 Å². The van der Waals surface area contributed by atoms with E-state index >= 15 is 0 Å². The van der Waals surface area contributed by atoms with Crippen LogP contribution in [0.15, 0.2) is 36.7 Å². The van der Waals surface area contributed by atoms with Crippen LogP contribution < -0.4 is 15.8 Å². The molecule has 1 atom stereocenters. The van der Waals surface area contributed by atoms with Crippen molar-refractivity contribution in [2.45, 2.75) is 25.4 Å². The molecule has 3 amide bonds. The number of methoxy groups -OCH3 is 1. The number of ether oxygens (including phenoxy) is 1. The Morgan fingerprint density at radius 3 is 3.04 bits per heavy atom. The van der Waals surface area contributed by atoms with E-state index in [-0.39, 0.29) is 6.03 Å². The molecule has 8 nitrogen and oxygen atoms in total. The van der Waals surface area contributed by atoms with E-state index in [9.17, 15) is 9.59 Å². The number of urea groups is 1. The van der Waals surface area contributed by atoms with E-state index in [1.807, 2.05) is 30.5 Å². The summed E-state index contributed by atoms with van der Waals surface area (Å²) in [6.45, 7) is 0.868. The molecule has 25 heavy (non-hydrogen) atoms. The third-order valence-corrected chi connectivity index (χ3v) is 4.24. The molecule has 132 valence electrons. The number of hydrogen-bond donors (Lipinski definition) is 2. The van der Waals surface area contributed by atoms with Crippen molar-refractivity contribution in [2.24, 2.45) is 5.73 Å². The van der Waals surface area contributed by atoms with Gasteiger partial charge in [-0.15, -0.1) is 0 Å². The minimum Gasteiger partial charge on any atom is -0.497 e. The predicted octanol–water partition coefficient (Wildman–Crippen LogP) is 1.04. The molecule has 1 aromatic heterocycles. The monoisotopic (exact) mass is 343 g/mol. The summed E-state index contributed by atoms with van der Waals surface area (Å²) in [6, 6.07) is 6.74. The van der Waals surface area contributed by atoms with Gasteiger partial charge in [-0.3, -0.25) is 4.79 Å². The topological polar surface area (TPSA) is 102 Å². The lowest BCUT2D eigenvalue weighted by atomic mass is 10.2. The number of carbonyl (C=O) groups is 2. The van der Waals surface area contributed by atoms with E-state index in [1.54, 1.807) is 18.0 Å². The average molecular weight is 343 g/mol. The second kappa shape index (κ2) is 7.25. The third-order valence-electron chi connectivity index (χ3n) is 4.24. The Morgan fingerprint density at radius 2 is 2.28 bits per heavy atom. The highest BCUT2D eigenvalue weighted by Crippen LogP contribution is 2.18. The van der Waals surface area contributed by atoms with Crippen LogP contribution in [0.25, 0.3) is 5.69 Å². The molecule has 2 aromatic rings. The van der Waals surface area contributed by atoms with Gasteiger partial charge in [0.05, 0.1) is 19.0 Å². The van der Waals surface area contributed by atoms with Crippen molar-refractivity contribution in [3.8, 4) is 11.4 Å². The van der Waals surface area contributed by atoms with Crippen molar-refractivity contribution in [3.05, 3.63) is 42.2 Å². The zero-order chi connectivity index (χ0) is 17.8. The molecular formula is C17H21N5O3. The summed E-state index contributed by atoms with van der Waals surface area (Å²) in [5, 5.41) is 7.12. The third kappa shape index (κ3) is 3.73. The van der Waals surface area contributed by atoms with Gasteiger partial charge in [-0.1, -0.05) is 6.07 Å². The van der Waals surface area contributed by atoms with Gasteiger partial charge in [0.2, 0.25) is 5.91 Å². The highest BCUT2D eigenvalue weighted by Gasteiger charge is 2.32. The molecule has 0 aliphatic carbocycles. The van der Waals surface area contributed by atoms with Crippen LogP contribution in [0.5, 0.6) is 5.75 Å². The molecule has 2 heterocycles. The number of nitrogens with two attached hydrogens (primary N) is 1. The summed E-state index contributed by atoms with van der Waals surface area (Å²) in [5.41, 5.74) is 7.06. The molecule has 8 heteroatoms. The molecule has 0 radical (unpaired) electrons. The number of benzene rings is 1. The fraction of sp³-hybridized carbons (Fsp3) is 0.353. The number of likely N-dealkylation sites (tertiary alicyclic amines) is 1. The van der Waals surface area contributed by atoms with Crippen LogP contribution in [-0.4, -0.2) is 46.3 Å². The van der Waals surface area contributed by atoms with Gasteiger partial charge in [0.15, 0.2) is 0 Å². The summed E-state index contributed by atoms with van der Waals surface area (Å²) in [6.07, 6.45) is 4.94. The van der Waals surface area contributed by atoms with Crippen molar-refractivity contribution in [1.82, 2.24) is 20.0 Å². The lowest BCUT2D eigenvalue weighted by Gasteiger charge is -2.22. The molecule has 3 N–H and O–H groups in total. The first-order valence-corrected chi connectivity index (χ1v) is 8.10. The molecule has 1 saturated heterocycles. The van der Waals surface area contributed by atoms with Crippen LogP contribution in [0, 0.1) is 0 Å². The zero-order valence-corrected chi connectivity index (χ0v) is 14.0. The van der Waals surface area contributed by atoms with Gasteiger partial charge in [-0.2, -0.15) is 5.10 Å². The number of rotatable bonds is 5. The summed E-state index contributed by atoms with van der Waals surface area (Å²) >= 11 is 0. The van der Waals surface area contributed by atoms with Crippen molar-refractivity contribution in [3.63, 3.8) is 0 Å². The van der Waals surface area contributed by atoms with E-state index < -0.39 is 11.9 Å². The molecule has 1 aliphatic rings. The Morgan fingerprint density at radius 1 is 1.44 bits per heavy atom. The van der Waals surface area contributed by atoms with Crippen molar-refractivity contribution in [2.75, 3.05) is 13.7 Å². The number of amides is 3. The van der Waals surface area contributed by atoms with E-state index in [0.717, 1.165) is 23.4 Å². The number of nitrogens with zero attached hydrogens (tertiary/aromatic N) is 3. The number of carbonyl (C=O) groups excluding carboxylic acids is 2. The zero-order valence-electron chi connectivity index (χ0n) is 14.0. The largest absolute Gasteiger partial charge is 0.497 e. The van der Waals surface area contributed by atoms with Gasteiger partial charge in [0, 0.05) is 30.9 Å². The standard InChI is InChI=1S/C17H21N5O3/c1-25-14-5-2-4-13(8-14)22-11-12(10-20-22)9-19-17(24)21-7-3-6-15(21)16(18)23/h2,4-5,8,10-11,15H,3,6-7,9H2,1H3,(H2,18,23)(H,19,24)/t15-/m1/s1. The predicted molar refractivity (Wildman–Crippen MR) is 91.3 cm³/mol. The summed E-state index contributed by atoms with van der Waals surface area (Å²) < 4.78 is 6.92. The Hall–Kier alpha value is -3.03. The van der Waals surface area contributed by atoms with Crippen LogP contribution in [-0.2, 0) is 11.3 Å². The SMILES string of the molecule is COc1cccc(-n2cc(CNC(=O)N3CCC[C@@H]3C(N)=O)cn2)c1. The molecule has 3 rings (SSSR count). The van der Waals surface area contributed by atoms with Crippen molar-refractivity contribution < 1.29 is 14.3 Å². The minimum absolute atomic E-state index is 0.282. The first-order chi connectivity index (χ1) is 12.1. The van der Waals surface area contributed by atoms with Gasteiger partial charge >= 0.3 is 6.03 Å². The molecule has 0 spiro atoms. The van der Waals surface area contributed by atoms with Crippen molar-refractivity contribution in [1.29, 1.82) is 0 Å². The van der Waals surface area contributed by atoms with Gasteiger partial charge < -0.3 is 20.7 Å². The number of hydrogen-bond acceptors (Lipinski definition) is 4. The maximum atomic E-state index is 12.3. The second-order valence-electron chi connectivity index (χ2n) is 5.91. The maximum Gasteiger partial charge on any atom is 0.318 e. The fourth-order valence-electron chi connectivity index (χ4n) is 2.93. The summed E-state index contributed by atoms with van der Waals surface area (Å²) in [4.78, 5) is 25.1. The molecule has 0 unspecified atom stereocenters. The molecular weight excluding hydrogens is 322 g/mol. The van der Waals surface area contributed by atoms with Crippen LogP contribution >= 0.6 is 0 Å². The summed E-state index contributed by atoms with van der Waals surface area (Å²) in [7, 11) is 1.61. The van der Waals surface area contributed by atoms with Crippen LogP contribution in [0.4, 0.5) is 4.79 Å². The van der Waals surface area contributed by atoms with Crippen LogP contribution in [0.1, 0.15) is 18.4 Å². The van der Waals surface area contributed by atoms with Gasteiger partial charge in [0.1, 0.15) is 11.8 Å². The normalized spacial score (nSPS) is 16.7. The Bertz CT molecular complexity index is 773. The lowest BCUT2D eigenvalue weighted by molar-refractivity contribution is -0.121. The lowest BCUT2D eigenvalue weighted by Crippen LogP contribution is -2.47. The van der Waals surface area contributed by atoms with Gasteiger partial charge in [0.25, 0.3) is 0 Å². The van der Waals surface area contributed by atoms with Gasteiger partial charge in [-0.05, 0) is 25.0 Å². The average Bonchev–Trinajstić information content (AvgIpc) is 3.29. The van der Waals surface area contributed by atoms with E-state index in [2.05, 4.69) is 10.4 Å². The highest BCUT2D eigenvalue weighted by molar-refractivity contribution is 5.86. The minimum atomic E-state index is -0.514. The van der Waals surface area contributed by atoms with Crippen LogP contribution in [0.3, 0.4) is 0 Å². The number of primary amides is 1. The molecule has 1 aromatic carbocycles. The molecule has 0 saturated carbocycles. The van der Waals surface area contributed by atoms with Gasteiger partial charge in [-0.25, -0.2) is 9.48 Å².